The highest BCUT2D eigenvalue weighted by molar-refractivity contribution is 5.75. The monoisotopic (exact) mass is 256 g/mol. The summed E-state index contributed by atoms with van der Waals surface area (Å²) in [6.45, 7) is 1.70. The zero-order chi connectivity index (χ0) is 13.7. The fraction of sp³-hybridized carbons (Fsp3) is 0.417. The van der Waals surface area contributed by atoms with Gasteiger partial charge in [0.2, 0.25) is 0 Å². The summed E-state index contributed by atoms with van der Waals surface area (Å²) < 4.78 is 9.43. The SMILES string of the molecule is CCOC(=O)C(O)C(O)c1ccc(OC)c(O)c1. The quantitative estimate of drug-likeness (QED) is 0.658. The molecule has 0 aliphatic heterocycles. The molecular weight excluding hydrogens is 240 g/mol. The Morgan fingerprint density at radius 1 is 1.39 bits per heavy atom. The van der Waals surface area contributed by atoms with Crippen LogP contribution in [0, 0.1) is 0 Å². The first-order valence-electron chi connectivity index (χ1n) is 5.41. The fourth-order valence-corrected chi connectivity index (χ4v) is 1.43. The van der Waals surface area contributed by atoms with Gasteiger partial charge in [-0.2, -0.15) is 0 Å². The molecule has 0 aliphatic carbocycles. The maximum Gasteiger partial charge on any atom is 0.338 e. The highest BCUT2D eigenvalue weighted by atomic mass is 16.5. The summed E-state index contributed by atoms with van der Waals surface area (Å²) in [5.74, 6) is -0.873. The minimum Gasteiger partial charge on any atom is -0.504 e. The first kappa shape index (κ1) is 14.3. The maximum absolute atomic E-state index is 11.2. The van der Waals surface area contributed by atoms with Gasteiger partial charge in [0.1, 0.15) is 6.10 Å². The van der Waals surface area contributed by atoms with E-state index in [4.69, 9.17) is 4.74 Å². The van der Waals surface area contributed by atoms with Gasteiger partial charge in [-0.3, -0.25) is 0 Å². The number of carbonyl (C=O) groups excluding carboxylic acids is 1. The smallest absolute Gasteiger partial charge is 0.338 e. The molecule has 6 nitrogen and oxygen atoms in total. The first-order chi connectivity index (χ1) is 8.51. The Kier molecular flexibility index (Phi) is 4.94. The molecule has 2 atom stereocenters. The lowest BCUT2D eigenvalue weighted by atomic mass is 10.0. The number of aliphatic hydroxyl groups excluding tert-OH is 2. The second-order valence-corrected chi connectivity index (χ2v) is 3.57. The second kappa shape index (κ2) is 6.23. The van der Waals surface area contributed by atoms with Crippen LogP contribution >= 0.6 is 0 Å². The third-order valence-electron chi connectivity index (χ3n) is 2.37. The van der Waals surface area contributed by atoms with Gasteiger partial charge < -0.3 is 24.8 Å². The van der Waals surface area contributed by atoms with Gasteiger partial charge in [0, 0.05) is 0 Å². The van der Waals surface area contributed by atoms with Gasteiger partial charge >= 0.3 is 5.97 Å². The molecule has 0 spiro atoms. The van der Waals surface area contributed by atoms with Crippen molar-refractivity contribution in [3.05, 3.63) is 23.8 Å². The Morgan fingerprint density at radius 3 is 2.56 bits per heavy atom. The second-order valence-electron chi connectivity index (χ2n) is 3.57. The summed E-state index contributed by atoms with van der Waals surface area (Å²) in [4.78, 5) is 11.2. The number of phenols is 1. The molecule has 0 aliphatic rings. The number of benzene rings is 1. The van der Waals surface area contributed by atoms with E-state index in [0.29, 0.717) is 0 Å². The van der Waals surface area contributed by atoms with Crippen LogP contribution in [0.15, 0.2) is 18.2 Å². The van der Waals surface area contributed by atoms with Crippen LogP contribution in [0.1, 0.15) is 18.6 Å². The summed E-state index contributed by atoms with van der Waals surface area (Å²) in [6, 6.07) is 4.07. The molecule has 1 rings (SSSR count). The van der Waals surface area contributed by atoms with Crippen LogP contribution in [0.4, 0.5) is 0 Å². The topological polar surface area (TPSA) is 96.2 Å². The van der Waals surface area contributed by atoms with E-state index >= 15 is 0 Å². The molecule has 1 aromatic carbocycles. The molecule has 0 aromatic heterocycles. The van der Waals surface area contributed by atoms with E-state index in [9.17, 15) is 20.1 Å². The van der Waals surface area contributed by atoms with Gasteiger partial charge in [-0.25, -0.2) is 4.79 Å². The molecule has 1 aromatic rings. The van der Waals surface area contributed by atoms with Crippen molar-refractivity contribution in [2.75, 3.05) is 13.7 Å². The number of methoxy groups -OCH3 is 1. The van der Waals surface area contributed by atoms with Crippen molar-refractivity contribution < 1.29 is 29.6 Å². The first-order valence-corrected chi connectivity index (χ1v) is 5.41. The van der Waals surface area contributed by atoms with Crippen molar-refractivity contribution in [1.82, 2.24) is 0 Å². The minimum absolute atomic E-state index is 0.108. The lowest BCUT2D eigenvalue weighted by molar-refractivity contribution is -0.159. The Morgan fingerprint density at radius 2 is 2.06 bits per heavy atom. The molecule has 0 bridgehead atoms. The van der Waals surface area contributed by atoms with Crippen molar-refractivity contribution in [3.8, 4) is 11.5 Å². The van der Waals surface area contributed by atoms with Gasteiger partial charge in [0.15, 0.2) is 17.6 Å². The van der Waals surface area contributed by atoms with E-state index < -0.39 is 18.2 Å². The largest absolute Gasteiger partial charge is 0.504 e. The van der Waals surface area contributed by atoms with Crippen LogP contribution in [-0.2, 0) is 9.53 Å². The summed E-state index contributed by atoms with van der Waals surface area (Å²) in [6.07, 6.45) is -3.17. The Balaban J connectivity index is 2.86. The standard InChI is InChI=1S/C12H16O6/c1-3-18-12(16)11(15)10(14)7-4-5-9(17-2)8(13)6-7/h4-6,10-11,13-15H,3H2,1-2H3. The average molecular weight is 256 g/mol. The maximum atomic E-state index is 11.2. The Bertz CT molecular complexity index is 417. The number of aliphatic hydroxyl groups is 2. The van der Waals surface area contributed by atoms with Crippen molar-refractivity contribution in [2.24, 2.45) is 0 Å². The molecule has 100 valence electrons. The van der Waals surface area contributed by atoms with Gasteiger partial charge in [0.05, 0.1) is 13.7 Å². The Labute approximate surface area is 104 Å². The van der Waals surface area contributed by atoms with Crippen molar-refractivity contribution >= 4 is 5.97 Å². The lowest BCUT2D eigenvalue weighted by Crippen LogP contribution is -2.29. The molecule has 0 saturated heterocycles. The highest BCUT2D eigenvalue weighted by Crippen LogP contribution is 2.30. The summed E-state index contributed by atoms with van der Waals surface area (Å²) in [7, 11) is 1.39. The summed E-state index contributed by atoms with van der Waals surface area (Å²) >= 11 is 0. The van der Waals surface area contributed by atoms with E-state index in [2.05, 4.69) is 4.74 Å². The molecule has 0 heterocycles. The third kappa shape index (κ3) is 3.12. The van der Waals surface area contributed by atoms with Crippen LogP contribution in [0.2, 0.25) is 0 Å². The molecule has 18 heavy (non-hydrogen) atoms. The molecule has 6 heteroatoms. The van der Waals surface area contributed by atoms with Crippen molar-refractivity contribution in [1.29, 1.82) is 0 Å². The predicted molar refractivity (Wildman–Crippen MR) is 62.3 cm³/mol. The number of aromatic hydroxyl groups is 1. The molecule has 2 unspecified atom stereocenters. The molecule has 0 amide bonds. The number of ether oxygens (including phenoxy) is 2. The summed E-state index contributed by atoms with van der Waals surface area (Å²) in [5, 5.41) is 28.9. The van der Waals surface area contributed by atoms with E-state index in [1.807, 2.05) is 0 Å². The summed E-state index contributed by atoms with van der Waals surface area (Å²) in [5.41, 5.74) is 0.189. The number of hydrogen-bond acceptors (Lipinski definition) is 6. The predicted octanol–water partition coefficient (Wildman–Crippen LogP) is 0.358. The van der Waals surface area contributed by atoms with Gasteiger partial charge in [-0.1, -0.05) is 6.07 Å². The zero-order valence-electron chi connectivity index (χ0n) is 10.2. The molecular formula is C12H16O6. The van der Waals surface area contributed by atoms with E-state index in [1.54, 1.807) is 6.92 Å². The van der Waals surface area contributed by atoms with E-state index in [0.717, 1.165) is 0 Å². The van der Waals surface area contributed by atoms with E-state index in [1.165, 1.54) is 25.3 Å². The van der Waals surface area contributed by atoms with Gasteiger partial charge in [-0.05, 0) is 24.6 Å². The van der Waals surface area contributed by atoms with Crippen LogP contribution in [-0.4, -0.2) is 41.1 Å². The molecule has 0 fully saturated rings. The van der Waals surface area contributed by atoms with Gasteiger partial charge in [-0.15, -0.1) is 0 Å². The van der Waals surface area contributed by atoms with Crippen LogP contribution < -0.4 is 4.74 Å². The number of rotatable bonds is 5. The lowest BCUT2D eigenvalue weighted by Gasteiger charge is -2.17. The number of carbonyl (C=O) groups is 1. The van der Waals surface area contributed by atoms with Crippen LogP contribution in [0.5, 0.6) is 11.5 Å². The number of hydrogen-bond donors (Lipinski definition) is 3. The number of phenolic OH excluding ortho intramolecular Hbond substituents is 1. The average Bonchev–Trinajstić information content (AvgIpc) is 2.37. The Hall–Kier alpha value is -1.79. The minimum atomic E-state index is -1.70. The molecule has 3 N–H and O–H groups in total. The fourth-order valence-electron chi connectivity index (χ4n) is 1.43. The van der Waals surface area contributed by atoms with Crippen LogP contribution in [0.3, 0.4) is 0 Å². The van der Waals surface area contributed by atoms with Gasteiger partial charge in [0.25, 0.3) is 0 Å². The van der Waals surface area contributed by atoms with Crippen molar-refractivity contribution in [2.45, 2.75) is 19.1 Å². The third-order valence-corrected chi connectivity index (χ3v) is 2.37. The zero-order valence-corrected chi connectivity index (χ0v) is 10.2. The highest BCUT2D eigenvalue weighted by Gasteiger charge is 2.27. The normalized spacial score (nSPS) is 13.8. The van der Waals surface area contributed by atoms with Crippen molar-refractivity contribution in [3.63, 3.8) is 0 Å². The molecule has 0 saturated carbocycles. The van der Waals surface area contributed by atoms with Crippen LogP contribution in [0.25, 0.3) is 0 Å². The number of esters is 1. The van der Waals surface area contributed by atoms with E-state index in [-0.39, 0.29) is 23.7 Å². The molecule has 0 radical (unpaired) electrons.